The second-order valence-corrected chi connectivity index (χ2v) is 4.09. The van der Waals surface area contributed by atoms with E-state index in [1.807, 2.05) is 6.07 Å². The summed E-state index contributed by atoms with van der Waals surface area (Å²) in [5, 5.41) is 9.15. The largest absolute Gasteiger partial charge is 0.478 e. The highest BCUT2D eigenvalue weighted by Gasteiger charge is 2.19. The highest BCUT2D eigenvalue weighted by atomic mass is 19.1. The summed E-state index contributed by atoms with van der Waals surface area (Å²) in [6, 6.07) is 14.5. The summed E-state index contributed by atoms with van der Waals surface area (Å²) in [5.74, 6) is -0.898. The van der Waals surface area contributed by atoms with E-state index in [1.165, 1.54) is 12.1 Å². The topological polar surface area (TPSA) is 46.5 Å². The maximum atomic E-state index is 12.8. The van der Waals surface area contributed by atoms with Crippen LogP contribution < -0.4 is 4.74 Å². The quantitative estimate of drug-likeness (QED) is 0.899. The molecule has 1 atom stereocenters. The molecule has 2 rings (SSSR count). The third-order valence-corrected chi connectivity index (χ3v) is 2.63. The van der Waals surface area contributed by atoms with Gasteiger partial charge < -0.3 is 9.84 Å². The molecule has 2 aromatic carbocycles. The van der Waals surface area contributed by atoms with Crippen molar-refractivity contribution in [2.24, 2.45) is 0 Å². The first-order valence-electron chi connectivity index (χ1n) is 5.84. The summed E-state index contributed by atoms with van der Waals surface area (Å²) in [4.78, 5) is 11.2. The number of halogens is 1. The molecule has 4 heteroatoms. The van der Waals surface area contributed by atoms with Crippen molar-refractivity contribution in [2.75, 3.05) is 0 Å². The van der Waals surface area contributed by atoms with Crippen molar-refractivity contribution in [2.45, 2.75) is 12.5 Å². The van der Waals surface area contributed by atoms with Gasteiger partial charge in [0.2, 0.25) is 0 Å². The second-order valence-electron chi connectivity index (χ2n) is 4.09. The first-order valence-corrected chi connectivity index (χ1v) is 5.84. The Hall–Kier alpha value is -2.36. The zero-order valence-corrected chi connectivity index (χ0v) is 10.1. The Labute approximate surface area is 110 Å². The van der Waals surface area contributed by atoms with Crippen molar-refractivity contribution in [1.82, 2.24) is 0 Å². The lowest BCUT2D eigenvalue weighted by Gasteiger charge is -2.15. The minimum Gasteiger partial charge on any atom is -0.478 e. The summed E-state index contributed by atoms with van der Waals surface area (Å²) in [5.41, 5.74) is 0.713. The molecule has 0 amide bonds. The molecule has 0 aromatic heterocycles. The molecule has 3 nitrogen and oxygen atoms in total. The van der Waals surface area contributed by atoms with E-state index in [4.69, 9.17) is 9.84 Å². The molecule has 0 heterocycles. The van der Waals surface area contributed by atoms with Crippen LogP contribution in [0.4, 0.5) is 4.39 Å². The minimum absolute atomic E-state index is 0.185. The van der Waals surface area contributed by atoms with Gasteiger partial charge in [0.25, 0.3) is 0 Å². The third-order valence-electron chi connectivity index (χ3n) is 2.63. The van der Waals surface area contributed by atoms with Gasteiger partial charge in [-0.2, -0.15) is 0 Å². The lowest BCUT2D eigenvalue weighted by molar-refractivity contribution is -0.145. The van der Waals surface area contributed by atoms with Crippen LogP contribution in [0.15, 0.2) is 54.6 Å². The average Bonchev–Trinajstić information content (AvgIpc) is 2.41. The molecule has 0 aliphatic heterocycles. The fourth-order valence-corrected chi connectivity index (χ4v) is 1.68. The van der Waals surface area contributed by atoms with E-state index in [9.17, 15) is 9.18 Å². The van der Waals surface area contributed by atoms with E-state index >= 15 is 0 Å². The van der Waals surface area contributed by atoms with E-state index in [0.29, 0.717) is 11.3 Å². The van der Waals surface area contributed by atoms with Gasteiger partial charge in [0.15, 0.2) is 6.10 Å². The number of carbonyl (C=O) groups is 1. The second kappa shape index (κ2) is 6.00. The number of ether oxygens (including phenoxy) is 1. The summed E-state index contributed by atoms with van der Waals surface area (Å²) in [7, 11) is 0. The van der Waals surface area contributed by atoms with Crippen LogP contribution in [0.2, 0.25) is 0 Å². The van der Waals surface area contributed by atoms with Gasteiger partial charge in [0.1, 0.15) is 11.6 Å². The van der Waals surface area contributed by atoms with Gasteiger partial charge in [-0.1, -0.05) is 30.3 Å². The number of aliphatic carboxylic acids is 1. The van der Waals surface area contributed by atoms with Crippen LogP contribution in [0.3, 0.4) is 0 Å². The van der Waals surface area contributed by atoms with Gasteiger partial charge in [0.05, 0.1) is 0 Å². The zero-order valence-electron chi connectivity index (χ0n) is 10.1. The Morgan fingerprint density at radius 2 is 1.74 bits per heavy atom. The van der Waals surface area contributed by atoms with Gasteiger partial charge in [-0.3, -0.25) is 0 Å². The Bertz CT molecular complexity index is 537. The van der Waals surface area contributed by atoms with Crippen molar-refractivity contribution in [3.8, 4) is 5.75 Å². The Morgan fingerprint density at radius 3 is 2.32 bits per heavy atom. The average molecular weight is 260 g/mol. The first-order chi connectivity index (χ1) is 9.15. The third kappa shape index (κ3) is 3.81. The molecule has 0 bridgehead atoms. The molecular formula is C15H13FO3. The van der Waals surface area contributed by atoms with Gasteiger partial charge in [-0.15, -0.1) is 0 Å². The molecule has 0 saturated heterocycles. The van der Waals surface area contributed by atoms with Gasteiger partial charge >= 0.3 is 5.97 Å². The number of hydrogen-bond acceptors (Lipinski definition) is 2. The van der Waals surface area contributed by atoms with Crippen LogP contribution in [0.5, 0.6) is 5.75 Å². The first kappa shape index (κ1) is 13.1. The van der Waals surface area contributed by atoms with E-state index < -0.39 is 12.1 Å². The lowest BCUT2D eigenvalue weighted by Crippen LogP contribution is -2.29. The molecule has 0 fully saturated rings. The van der Waals surface area contributed by atoms with Gasteiger partial charge in [-0.25, -0.2) is 9.18 Å². The predicted octanol–water partition coefficient (Wildman–Crippen LogP) is 2.90. The molecule has 19 heavy (non-hydrogen) atoms. The SMILES string of the molecule is O=C(O)C(Cc1ccc(F)cc1)Oc1ccccc1. The minimum atomic E-state index is -1.05. The standard InChI is InChI=1S/C15H13FO3/c16-12-8-6-11(7-9-12)10-14(15(17)18)19-13-4-2-1-3-5-13/h1-9,14H,10H2,(H,17,18). The molecule has 0 spiro atoms. The molecule has 2 aromatic rings. The van der Waals surface area contributed by atoms with Crippen molar-refractivity contribution < 1.29 is 19.0 Å². The van der Waals surface area contributed by atoms with Gasteiger partial charge in [-0.05, 0) is 29.8 Å². The highest BCUT2D eigenvalue weighted by molar-refractivity contribution is 5.73. The molecule has 1 unspecified atom stereocenters. The normalized spacial score (nSPS) is 11.8. The monoisotopic (exact) mass is 260 g/mol. The smallest absolute Gasteiger partial charge is 0.345 e. The molecule has 98 valence electrons. The van der Waals surface area contributed by atoms with Crippen LogP contribution in [-0.4, -0.2) is 17.2 Å². The Balaban J connectivity index is 2.08. The molecule has 0 radical (unpaired) electrons. The van der Waals surface area contributed by atoms with E-state index in [-0.39, 0.29) is 12.2 Å². The maximum Gasteiger partial charge on any atom is 0.345 e. The van der Waals surface area contributed by atoms with E-state index in [0.717, 1.165) is 0 Å². The summed E-state index contributed by atoms with van der Waals surface area (Å²) in [6.45, 7) is 0. The predicted molar refractivity (Wildman–Crippen MR) is 68.6 cm³/mol. The van der Waals surface area contributed by atoms with Crippen LogP contribution in [0.1, 0.15) is 5.56 Å². The summed E-state index contributed by atoms with van der Waals surface area (Å²) in [6.07, 6.45) is -0.808. The number of para-hydroxylation sites is 1. The molecule has 0 aliphatic carbocycles. The van der Waals surface area contributed by atoms with Crippen LogP contribution in [0.25, 0.3) is 0 Å². The fraction of sp³-hybridized carbons (Fsp3) is 0.133. The van der Waals surface area contributed by atoms with E-state index in [1.54, 1.807) is 36.4 Å². The van der Waals surface area contributed by atoms with E-state index in [2.05, 4.69) is 0 Å². The van der Waals surface area contributed by atoms with Gasteiger partial charge in [0, 0.05) is 6.42 Å². The maximum absolute atomic E-state index is 12.8. The number of hydrogen-bond donors (Lipinski definition) is 1. The number of carboxylic acids is 1. The van der Waals surface area contributed by atoms with Crippen molar-refractivity contribution in [3.63, 3.8) is 0 Å². The lowest BCUT2D eigenvalue weighted by atomic mass is 10.1. The fourth-order valence-electron chi connectivity index (χ4n) is 1.68. The van der Waals surface area contributed by atoms with Crippen LogP contribution in [0, 0.1) is 5.82 Å². The number of rotatable bonds is 5. The molecule has 1 N–H and O–H groups in total. The van der Waals surface area contributed by atoms with Crippen molar-refractivity contribution in [3.05, 3.63) is 66.0 Å². The number of benzene rings is 2. The van der Waals surface area contributed by atoms with Crippen molar-refractivity contribution >= 4 is 5.97 Å². The molecule has 0 aliphatic rings. The number of carboxylic acid groups (broad SMARTS) is 1. The van der Waals surface area contributed by atoms with Crippen molar-refractivity contribution in [1.29, 1.82) is 0 Å². The Kier molecular flexibility index (Phi) is 4.13. The summed E-state index contributed by atoms with van der Waals surface area (Å²) < 4.78 is 18.2. The zero-order chi connectivity index (χ0) is 13.7. The van der Waals surface area contributed by atoms with Crippen LogP contribution in [-0.2, 0) is 11.2 Å². The van der Waals surface area contributed by atoms with Crippen LogP contribution >= 0.6 is 0 Å². The molecule has 0 saturated carbocycles. The highest BCUT2D eigenvalue weighted by Crippen LogP contribution is 2.14. The summed E-state index contributed by atoms with van der Waals surface area (Å²) >= 11 is 0. The Morgan fingerprint density at radius 1 is 1.11 bits per heavy atom. The molecular weight excluding hydrogens is 247 g/mol.